The van der Waals surface area contributed by atoms with E-state index in [1.54, 1.807) is 73.0 Å². The lowest BCUT2D eigenvalue weighted by atomic mass is 9.86. The first-order chi connectivity index (χ1) is 28.0. The van der Waals surface area contributed by atoms with Gasteiger partial charge in [0, 0.05) is 62.9 Å². The second-order valence-corrected chi connectivity index (χ2v) is 17.7. The third-order valence-corrected chi connectivity index (χ3v) is 10.6. The van der Waals surface area contributed by atoms with Gasteiger partial charge in [-0.3, -0.25) is 38.5 Å². The van der Waals surface area contributed by atoms with Crippen LogP contribution in [-0.4, -0.2) is 133 Å². The van der Waals surface area contributed by atoms with Crippen LogP contribution in [0.1, 0.15) is 79.7 Å². The number of nitrogens with two attached hydrogens (primary N) is 1. The minimum absolute atomic E-state index is 0.0392. The van der Waals surface area contributed by atoms with Gasteiger partial charge in [-0.15, -0.1) is 0 Å². The van der Waals surface area contributed by atoms with Crippen molar-refractivity contribution in [2.75, 3.05) is 58.8 Å². The zero-order chi connectivity index (χ0) is 45.0. The largest absolute Gasteiger partial charge is 0.445 e. The van der Waals surface area contributed by atoms with Gasteiger partial charge < -0.3 is 46.3 Å². The maximum atomic E-state index is 14.0. The number of likely N-dealkylation sites (N-methyl/N-ethyl adjacent to an activating group) is 2. The van der Waals surface area contributed by atoms with Crippen molar-refractivity contribution in [2.45, 2.75) is 98.4 Å². The van der Waals surface area contributed by atoms with Crippen LogP contribution in [0.25, 0.3) is 0 Å². The highest BCUT2D eigenvalue weighted by Gasteiger charge is 2.44. The van der Waals surface area contributed by atoms with Gasteiger partial charge in [-0.1, -0.05) is 53.7 Å². The summed E-state index contributed by atoms with van der Waals surface area (Å²) in [7, 11) is 3.43. The fourth-order valence-corrected chi connectivity index (χ4v) is 6.67. The van der Waals surface area contributed by atoms with Gasteiger partial charge in [0.1, 0.15) is 24.2 Å². The van der Waals surface area contributed by atoms with Gasteiger partial charge in [-0.2, -0.15) is 0 Å². The van der Waals surface area contributed by atoms with Crippen LogP contribution in [0.2, 0.25) is 0 Å². The molecule has 1 saturated heterocycles. The molecule has 0 aromatic heterocycles. The Labute approximate surface area is 352 Å². The second kappa shape index (κ2) is 21.2. The number of amides is 8. The molecule has 1 aromatic rings. The minimum Gasteiger partial charge on any atom is -0.445 e. The van der Waals surface area contributed by atoms with Gasteiger partial charge in [0.25, 0.3) is 11.8 Å². The molecule has 0 unspecified atom stereocenters. The summed E-state index contributed by atoms with van der Waals surface area (Å²) >= 11 is 0. The topological polar surface area (TPSA) is 239 Å². The zero-order valence-electron chi connectivity index (χ0n) is 36.5. The van der Waals surface area contributed by atoms with Gasteiger partial charge in [0.05, 0.1) is 19.6 Å². The number of nitrogens with zero attached hydrogens (tertiary/aromatic N) is 3. The maximum Gasteiger partial charge on any atom is 0.409 e. The summed E-state index contributed by atoms with van der Waals surface area (Å²) in [5.41, 5.74) is 3.96. The molecule has 60 heavy (non-hydrogen) atoms. The lowest BCUT2D eigenvalue weighted by Gasteiger charge is -2.36. The van der Waals surface area contributed by atoms with Crippen molar-refractivity contribution in [1.29, 1.82) is 0 Å². The molecular formula is C42H64N8O10. The van der Waals surface area contributed by atoms with Crippen LogP contribution >= 0.6 is 0 Å². The summed E-state index contributed by atoms with van der Waals surface area (Å²) in [5.74, 6) is -4.22. The van der Waals surface area contributed by atoms with E-state index < -0.39 is 70.5 Å². The molecule has 332 valence electrons. The molecule has 0 saturated carbocycles. The van der Waals surface area contributed by atoms with Crippen LogP contribution in [0, 0.1) is 16.7 Å². The van der Waals surface area contributed by atoms with Crippen LogP contribution in [0.3, 0.4) is 0 Å². The molecule has 8 amide bonds. The van der Waals surface area contributed by atoms with Crippen molar-refractivity contribution in [1.82, 2.24) is 30.7 Å². The van der Waals surface area contributed by atoms with Gasteiger partial charge in [0.2, 0.25) is 29.5 Å². The third kappa shape index (κ3) is 14.1. The average molecular weight is 841 g/mol. The monoisotopic (exact) mass is 840 g/mol. The Morgan fingerprint density at radius 3 is 2.15 bits per heavy atom. The van der Waals surface area contributed by atoms with E-state index in [0.717, 1.165) is 4.90 Å². The number of hydrogen-bond donors (Lipinski definition) is 5. The van der Waals surface area contributed by atoms with Gasteiger partial charge in [0.15, 0.2) is 0 Å². The fourth-order valence-electron chi connectivity index (χ4n) is 6.67. The lowest BCUT2D eigenvalue weighted by molar-refractivity contribution is -0.144. The summed E-state index contributed by atoms with van der Waals surface area (Å²) < 4.78 is 11.3. The number of imide groups is 1. The summed E-state index contributed by atoms with van der Waals surface area (Å²) in [4.78, 5) is 107. The molecule has 3 rings (SSSR count). The molecule has 0 aliphatic carbocycles. The predicted molar refractivity (Wildman–Crippen MR) is 223 cm³/mol. The zero-order valence-corrected chi connectivity index (χ0v) is 36.5. The summed E-state index contributed by atoms with van der Waals surface area (Å²) in [5, 5.41) is 11.3. The Morgan fingerprint density at radius 1 is 0.950 bits per heavy atom. The quantitative estimate of drug-likeness (QED) is 0.105. The summed E-state index contributed by atoms with van der Waals surface area (Å²) in [6.45, 7) is 14.3. The highest BCUT2D eigenvalue weighted by molar-refractivity contribution is 6.13. The normalized spacial score (nSPS) is 17.0. The first-order valence-corrected chi connectivity index (χ1v) is 20.2. The van der Waals surface area contributed by atoms with Crippen molar-refractivity contribution in [3.8, 4) is 0 Å². The van der Waals surface area contributed by atoms with E-state index in [9.17, 15) is 38.4 Å². The molecule has 0 radical (unpaired) electrons. The fraction of sp³-hybridized carbons (Fsp3) is 0.619. The number of primary amides is 1. The van der Waals surface area contributed by atoms with E-state index in [1.807, 2.05) is 13.8 Å². The van der Waals surface area contributed by atoms with Gasteiger partial charge in [-0.05, 0) is 55.8 Å². The number of rotatable bonds is 22. The van der Waals surface area contributed by atoms with E-state index in [-0.39, 0.29) is 57.1 Å². The number of nitrogens with one attached hydrogen (secondary N) is 4. The molecule has 0 spiro atoms. The number of benzene rings is 1. The first kappa shape index (κ1) is 49.0. The Morgan fingerprint density at radius 2 is 1.57 bits per heavy atom. The molecule has 3 atom stereocenters. The van der Waals surface area contributed by atoms with Crippen LogP contribution in [-0.2, 0) is 49.6 Å². The van der Waals surface area contributed by atoms with Crippen LogP contribution in [0.4, 0.5) is 10.5 Å². The predicted octanol–water partition coefficient (Wildman–Crippen LogP) is 1.68. The highest BCUT2D eigenvalue weighted by atomic mass is 16.6. The van der Waals surface area contributed by atoms with E-state index in [1.165, 1.54) is 22.0 Å². The van der Waals surface area contributed by atoms with Crippen molar-refractivity contribution in [3.63, 3.8) is 0 Å². The van der Waals surface area contributed by atoms with E-state index in [4.69, 9.17) is 15.2 Å². The van der Waals surface area contributed by atoms with Crippen LogP contribution in [0.5, 0.6) is 0 Å². The summed E-state index contributed by atoms with van der Waals surface area (Å²) in [6.07, 6.45) is 2.16. The maximum absolute atomic E-state index is 14.0. The van der Waals surface area contributed by atoms with Crippen LogP contribution < -0.4 is 27.0 Å². The molecule has 1 aromatic carbocycles. The third-order valence-electron chi connectivity index (χ3n) is 10.6. The first-order valence-electron chi connectivity index (χ1n) is 20.2. The number of anilines is 1. The SMILES string of the molecule is CNCCN(C)C(=O)OCc1ccc(NC(=O)[C@@](C)(NC(=O)[C@@H]2CCCN2C(=O)[C@H](CC(N)=O)NC(=O)CC(C)(C)COCC(C)(C)CN2C(=O)C=CC2=O)C(C)C)cc1. The molecule has 1 fully saturated rings. The number of likely N-dealkylation sites (tertiary alicyclic amines) is 1. The Hall–Kier alpha value is -5.36. The smallest absolute Gasteiger partial charge is 0.409 e. The lowest BCUT2D eigenvalue weighted by Crippen LogP contribution is -2.62. The number of hydrogen-bond acceptors (Lipinski definition) is 11. The van der Waals surface area contributed by atoms with E-state index in [0.29, 0.717) is 37.2 Å². The van der Waals surface area contributed by atoms with Gasteiger partial charge in [-0.25, -0.2) is 4.79 Å². The van der Waals surface area contributed by atoms with E-state index >= 15 is 0 Å². The highest BCUT2D eigenvalue weighted by Crippen LogP contribution is 2.27. The molecule has 6 N–H and O–H groups in total. The standard InChI is InChI=1S/C42H64N8O10/c1-27(2)42(7,38(57)45-29-14-12-28(13-15-29)23-60-39(58)48(9)20-18-44-8)47-36(55)31-11-10-19-49(31)37(56)30(21-32(43)51)46-33(52)22-40(3,4)25-59-26-41(5,6)24-50-34(53)16-17-35(50)54/h12-17,27,30-31,44H,10-11,18-26H2,1-9H3,(H2,43,51)(H,45,57)(H,46,52)(H,47,55)/t30-,31-,42-/m0/s1. The number of carbonyl (C=O) groups excluding carboxylic acids is 8. The second-order valence-electron chi connectivity index (χ2n) is 17.7. The molecule has 18 heteroatoms. The number of carbonyl (C=O) groups is 8. The molecule has 0 bridgehead atoms. The molecular weight excluding hydrogens is 777 g/mol. The summed E-state index contributed by atoms with van der Waals surface area (Å²) in [6, 6.07) is 4.43. The molecule has 18 nitrogen and oxygen atoms in total. The van der Waals surface area contributed by atoms with Crippen molar-refractivity contribution >= 4 is 53.1 Å². The molecule has 2 heterocycles. The van der Waals surface area contributed by atoms with Crippen molar-refractivity contribution < 1.29 is 47.8 Å². The number of ether oxygens (including phenoxy) is 2. The average Bonchev–Trinajstić information content (AvgIpc) is 3.78. The minimum atomic E-state index is -1.41. The van der Waals surface area contributed by atoms with Gasteiger partial charge >= 0.3 is 6.09 Å². The Bertz CT molecular complexity index is 1760. The van der Waals surface area contributed by atoms with E-state index in [2.05, 4.69) is 21.3 Å². The Kier molecular flexibility index (Phi) is 17.4. The van der Waals surface area contributed by atoms with Crippen molar-refractivity contribution in [2.24, 2.45) is 22.5 Å². The van der Waals surface area contributed by atoms with Crippen LogP contribution in [0.15, 0.2) is 36.4 Å². The van der Waals surface area contributed by atoms with Crippen molar-refractivity contribution in [3.05, 3.63) is 42.0 Å². The Balaban J connectivity index is 1.60. The molecule has 2 aliphatic rings. The molecule has 2 aliphatic heterocycles.